The molecule has 0 fully saturated rings. The summed E-state index contributed by atoms with van der Waals surface area (Å²) in [4.78, 5) is 41.8. The Balaban J connectivity index is 1.46. The first-order chi connectivity index (χ1) is 18.9. The van der Waals surface area contributed by atoms with Crippen LogP contribution < -0.4 is 16.6 Å². The minimum atomic E-state index is -1.08. The molecular weight excluding hydrogens is 518 g/mol. The average molecular weight is 538 g/mol. The van der Waals surface area contributed by atoms with Gasteiger partial charge in [-0.2, -0.15) is 0 Å². The molecule has 0 radical (unpaired) electrons. The highest BCUT2D eigenvalue weighted by molar-refractivity contribution is 6.35. The fraction of sp³-hybridized carbons (Fsp3) is 0.0714. The van der Waals surface area contributed by atoms with E-state index in [0.717, 1.165) is 0 Å². The number of nitrogens with two attached hydrogens (primary N) is 1. The fourth-order valence-electron chi connectivity index (χ4n) is 3.95. The van der Waals surface area contributed by atoms with E-state index in [2.05, 4.69) is 32.1 Å². The van der Waals surface area contributed by atoms with E-state index in [1.165, 1.54) is 24.7 Å². The zero-order valence-corrected chi connectivity index (χ0v) is 21.1. The van der Waals surface area contributed by atoms with E-state index in [1.54, 1.807) is 22.8 Å². The van der Waals surface area contributed by atoms with Crippen LogP contribution in [0.3, 0.4) is 0 Å². The molecule has 39 heavy (non-hydrogen) atoms. The normalized spacial score (nSPS) is 10.6. The Kier molecular flexibility index (Phi) is 7.16. The van der Waals surface area contributed by atoms with E-state index in [-0.39, 0.29) is 22.6 Å². The van der Waals surface area contributed by atoms with Crippen LogP contribution >= 0.6 is 11.6 Å². The average Bonchev–Trinajstić information content (AvgIpc) is 2.93. The third-order valence-electron chi connectivity index (χ3n) is 5.77. The zero-order valence-electron chi connectivity index (χ0n) is 20.3. The Hall–Kier alpha value is -5.27. The zero-order chi connectivity index (χ0) is 27.4. The number of anilines is 2. The van der Waals surface area contributed by atoms with Crippen molar-refractivity contribution in [2.45, 2.75) is 6.42 Å². The SMILES string of the molecule is Nc1ncnc(NCCc2nc3cccc(Cl)c3c(=O)n2-c2ccccc2)c1C#Cc1cc(C(=O)O)ccn1. The number of rotatable bonds is 6. The van der Waals surface area contributed by atoms with Gasteiger partial charge in [0.15, 0.2) is 0 Å². The maximum absolute atomic E-state index is 13.5. The topological polar surface area (TPSA) is 149 Å². The van der Waals surface area contributed by atoms with Crippen molar-refractivity contribution in [1.82, 2.24) is 24.5 Å². The number of benzene rings is 2. The van der Waals surface area contributed by atoms with Crippen LogP contribution in [0.2, 0.25) is 5.02 Å². The molecule has 10 nitrogen and oxygen atoms in total. The molecule has 0 aliphatic heterocycles. The standard InChI is InChI=1S/C28H20ClN7O3/c29-21-7-4-8-22-24(21)27(37)36(19-5-2-1-3-6-19)23(35-22)12-14-32-26-20(25(30)33-16-34-26)10-9-18-15-17(28(38)39)11-13-31-18/h1-8,11,13,15-16H,12,14H2,(H,38,39)(H3,30,32,33,34). The van der Waals surface area contributed by atoms with Crippen LogP contribution in [0, 0.1) is 11.8 Å². The second-order valence-electron chi connectivity index (χ2n) is 8.28. The summed E-state index contributed by atoms with van der Waals surface area (Å²) in [6, 6.07) is 17.1. The van der Waals surface area contributed by atoms with Crippen LogP contribution in [0.15, 0.2) is 78.0 Å². The van der Waals surface area contributed by atoms with Crippen LogP contribution in [0.4, 0.5) is 11.6 Å². The number of halogens is 1. The van der Waals surface area contributed by atoms with Crippen molar-refractivity contribution in [3.05, 3.63) is 111 Å². The number of nitrogen functional groups attached to an aromatic ring is 1. The molecule has 4 N–H and O–H groups in total. The van der Waals surface area contributed by atoms with Crippen LogP contribution in [0.1, 0.15) is 27.4 Å². The number of carbonyl (C=O) groups is 1. The highest BCUT2D eigenvalue weighted by atomic mass is 35.5. The molecule has 0 amide bonds. The van der Waals surface area contributed by atoms with Crippen LogP contribution in [0.5, 0.6) is 0 Å². The van der Waals surface area contributed by atoms with Gasteiger partial charge in [-0.15, -0.1) is 0 Å². The van der Waals surface area contributed by atoms with E-state index in [1.807, 2.05) is 30.3 Å². The van der Waals surface area contributed by atoms with Crippen LogP contribution in [-0.4, -0.2) is 42.1 Å². The largest absolute Gasteiger partial charge is 0.478 e. The summed E-state index contributed by atoms with van der Waals surface area (Å²) in [6.07, 6.45) is 3.03. The van der Waals surface area contributed by atoms with E-state index in [0.29, 0.717) is 51.8 Å². The van der Waals surface area contributed by atoms with E-state index in [9.17, 15) is 14.7 Å². The van der Waals surface area contributed by atoms with Gasteiger partial charge in [-0.1, -0.05) is 41.8 Å². The molecule has 5 aromatic rings. The summed E-state index contributed by atoms with van der Waals surface area (Å²) >= 11 is 6.35. The number of aromatic carboxylic acids is 1. The summed E-state index contributed by atoms with van der Waals surface area (Å²) < 4.78 is 1.55. The van der Waals surface area contributed by atoms with E-state index < -0.39 is 5.97 Å². The van der Waals surface area contributed by atoms with Crippen molar-refractivity contribution in [3.63, 3.8) is 0 Å². The van der Waals surface area contributed by atoms with Gasteiger partial charge in [-0.05, 0) is 42.3 Å². The molecule has 0 aliphatic rings. The van der Waals surface area contributed by atoms with Crippen molar-refractivity contribution in [3.8, 4) is 17.5 Å². The highest BCUT2D eigenvalue weighted by Gasteiger charge is 2.15. The van der Waals surface area contributed by atoms with E-state index in [4.69, 9.17) is 22.3 Å². The summed E-state index contributed by atoms with van der Waals surface area (Å²) in [6.45, 7) is 0.337. The first-order valence-electron chi connectivity index (χ1n) is 11.7. The molecule has 0 saturated heterocycles. The molecular formula is C28H20ClN7O3. The quantitative estimate of drug-likeness (QED) is 0.276. The van der Waals surface area contributed by atoms with Crippen molar-refractivity contribution in [2.75, 3.05) is 17.6 Å². The third-order valence-corrected chi connectivity index (χ3v) is 6.09. The second kappa shape index (κ2) is 11.0. The fourth-order valence-corrected chi connectivity index (χ4v) is 4.20. The van der Waals surface area contributed by atoms with Gasteiger partial charge in [0.25, 0.3) is 5.56 Å². The van der Waals surface area contributed by atoms with Crippen LogP contribution in [0.25, 0.3) is 16.6 Å². The van der Waals surface area contributed by atoms with Gasteiger partial charge >= 0.3 is 5.97 Å². The monoisotopic (exact) mass is 537 g/mol. The molecule has 0 saturated carbocycles. The molecule has 0 spiro atoms. The molecule has 0 bridgehead atoms. The molecule has 0 aliphatic carbocycles. The van der Waals surface area contributed by atoms with Gasteiger partial charge in [-0.25, -0.2) is 24.7 Å². The van der Waals surface area contributed by atoms with E-state index >= 15 is 0 Å². The first-order valence-corrected chi connectivity index (χ1v) is 12.1. The lowest BCUT2D eigenvalue weighted by Crippen LogP contribution is -2.25. The van der Waals surface area contributed by atoms with Crippen LogP contribution in [-0.2, 0) is 6.42 Å². The first kappa shape index (κ1) is 25.4. The Labute approximate surface area is 227 Å². The number of nitrogens with one attached hydrogen (secondary N) is 1. The Morgan fingerprint density at radius 2 is 1.87 bits per heavy atom. The number of aromatic nitrogens is 5. The molecule has 3 heterocycles. The number of para-hydroxylation sites is 1. The number of carboxylic acid groups (broad SMARTS) is 1. The number of carboxylic acids is 1. The Morgan fingerprint density at radius 1 is 1.05 bits per heavy atom. The second-order valence-corrected chi connectivity index (χ2v) is 8.69. The van der Waals surface area contributed by atoms with Gasteiger partial charge in [0.1, 0.15) is 35.0 Å². The summed E-state index contributed by atoms with van der Waals surface area (Å²) in [5, 5.41) is 13.1. The summed E-state index contributed by atoms with van der Waals surface area (Å²) in [5.74, 6) is 5.67. The van der Waals surface area contributed by atoms with Gasteiger partial charge in [0, 0.05) is 19.2 Å². The lowest BCUT2D eigenvalue weighted by atomic mass is 10.2. The minimum Gasteiger partial charge on any atom is -0.478 e. The lowest BCUT2D eigenvalue weighted by Gasteiger charge is -2.15. The molecule has 11 heteroatoms. The molecule has 2 aromatic carbocycles. The lowest BCUT2D eigenvalue weighted by molar-refractivity contribution is 0.0696. The number of pyridine rings is 1. The predicted octanol–water partition coefficient (Wildman–Crippen LogP) is 3.56. The smallest absolute Gasteiger partial charge is 0.335 e. The highest BCUT2D eigenvalue weighted by Crippen LogP contribution is 2.21. The molecule has 5 rings (SSSR count). The van der Waals surface area contributed by atoms with Gasteiger partial charge < -0.3 is 16.2 Å². The molecule has 3 aromatic heterocycles. The van der Waals surface area contributed by atoms with Gasteiger partial charge in [0.2, 0.25) is 0 Å². The number of hydrogen-bond donors (Lipinski definition) is 3. The Bertz CT molecular complexity index is 1830. The number of hydrogen-bond acceptors (Lipinski definition) is 8. The van der Waals surface area contributed by atoms with Crippen molar-refractivity contribution < 1.29 is 9.90 Å². The summed E-state index contributed by atoms with van der Waals surface area (Å²) in [7, 11) is 0. The molecule has 0 unspecified atom stereocenters. The third kappa shape index (κ3) is 5.39. The molecule has 0 atom stereocenters. The Morgan fingerprint density at radius 3 is 2.67 bits per heavy atom. The van der Waals surface area contributed by atoms with Crippen molar-refractivity contribution >= 4 is 40.1 Å². The number of nitrogens with zero attached hydrogens (tertiary/aromatic N) is 5. The van der Waals surface area contributed by atoms with Gasteiger partial charge in [0.05, 0.1) is 27.2 Å². The van der Waals surface area contributed by atoms with Gasteiger partial charge in [-0.3, -0.25) is 9.36 Å². The molecule has 192 valence electrons. The maximum atomic E-state index is 13.5. The number of fused-ring (bicyclic) bond motifs is 1. The minimum absolute atomic E-state index is 0.0681. The van der Waals surface area contributed by atoms with Crippen molar-refractivity contribution in [1.29, 1.82) is 0 Å². The summed E-state index contributed by atoms with van der Waals surface area (Å²) in [5.41, 5.74) is 7.63. The predicted molar refractivity (Wildman–Crippen MR) is 148 cm³/mol. The maximum Gasteiger partial charge on any atom is 0.335 e. The van der Waals surface area contributed by atoms with Crippen molar-refractivity contribution in [2.24, 2.45) is 0 Å².